The molecule has 0 spiro atoms. The lowest BCUT2D eigenvalue weighted by Crippen LogP contribution is -2.29. The van der Waals surface area contributed by atoms with Crippen molar-refractivity contribution >= 4 is 0 Å². The number of aryl methyl sites for hydroxylation is 1. The predicted octanol–water partition coefficient (Wildman–Crippen LogP) is 10.1. The van der Waals surface area contributed by atoms with Gasteiger partial charge in [-0.15, -0.1) is 13.2 Å². The Labute approximate surface area is 259 Å². The first kappa shape index (κ1) is 33.3. The summed E-state index contributed by atoms with van der Waals surface area (Å²) < 4.78 is 103. The van der Waals surface area contributed by atoms with Crippen molar-refractivity contribution in [2.24, 2.45) is 0 Å². The number of hydrogen-bond donors (Lipinski definition) is 0. The monoisotopic (exact) mass is 636 g/mol. The van der Waals surface area contributed by atoms with Crippen LogP contribution >= 0.6 is 0 Å². The molecule has 0 bridgehead atoms. The predicted molar refractivity (Wildman–Crippen MR) is 157 cm³/mol. The molecule has 3 aromatic carbocycles. The third-order valence-electron chi connectivity index (χ3n) is 8.57. The maximum Gasteiger partial charge on any atom is 0.573 e. The first-order valence-corrected chi connectivity index (χ1v) is 15.5. The molecule has 0 aromatic heterocycles. The van der Waals surface area contributed by atoms with Gasteiger partial charge in [-0.25, -0.2) is 4.39 Å². The topological polar surface area (TPSA) is 36.9 Å². The molecular formula is C35H38F6O4. The number of unbranched alkanes of at least 4 members (excludes halogenated alkanes) is 2. The Morgan fingerprint density at radius 1 is 0.756 bits per heavy atom. The summed E-state index contributed by atoms with van der Waals surface area (Å²) in [7, 11) is 0. The highest BCUT2D eigenvalue weighted by atomic mass is 19.4. The Morgan fingerprint density at radius 3 is 2.00 bits per heavy atom. The van der Waals surface area contributed by atoms with E-state index in [-0.39, 0.29) is 42.2 Å². The average molecular weight is 637 g/mol. The normalized spacial score (nSPS) is 22.7. The van der Waals surface area contributed by atoms with Crippen molar-refractivity contribution in [3.63, 3.8) is 0 Å². The molecule has 2 fully saturated rings. The van der Waals surface area contributed by atoms with Crippen LogP contribution in [-0.2, 0) is 26.7 Å². The van der Waals surface area contributed by atoms with Gasteiger partial charge >= 0.3 is 12.5 Å². The quantitative estimate of drug-likeness (QED) is 0.155. The molecule has 1 aliphatic carbocycles. The summed E-state index contributed by atoms with van der Waals surface area (Å²) in [4.78, 5) is 0. The van der Waals surface area contributed by atoms with Gasteiger partial charge in [-0.3, -0.25) is 0 Å². The Kier molecular flexibility index (Phi) is 10.8. The summed E-state index contributed by atoms with van der Waals surface area (Å²) in [6, 6.07) is 16.7. The van der Waals surface area contributed by atoms with E-state index in [9.17, 15) is 22.0 Å². The van der Waals surface area contributed by atoms with Crippen LogP contribution in [0.1, 0.15) is 97.8 Å². The fraction of sp³-hybridized carbons (Fsp3) is 0.486. The van der Waals surface area contributed by atoms with Crippen LogP contribution in [0.25, 0.3) is 0 Å². The van der Waals surface area contributed by atoms with E-state index in [0.29, 0.717) is 36.8 Å². The molecule has 1 saturated heterocycles. The summed E-state index contributed by atoms with van der Waals surface area (Å²) in [6.45, 7) is 2.46. The van der Waals surface area contributed by atoms with Gasteiger partial charge in [0.2, 0.25) is 0 Å². The first-order chi connectivity index (χ1) is 21.5. The molecule has 0 N–H and O–H groups in total. The molecule has 4 nitrogen and oxygen atoms in total. The lowest BCUT2D eigenvalue weighted by molar-refractivity contribution is -0.277. The number of halogens is 6. The summed E-state index contributed by atoms with van der Waals surface area (Å²) in [5, 5.41) is 0. The van der Waals surface area contributed by atoms with Crippen molar-refractivity contribution in [1.29, 1.82) is 0 Å². The summed E-state index contributed by atoms with van der Waals surface area (Å²) >= 11 is 0. The van der Waals surface area contributed by atoms with Gasteiger partial charge in [0.1, 0.15) is 11.6 Å². The van der Waals surface area contributed by atoms with Crippen molar-refractivity contribution in [2.75, 3.05) is 13.2 Å². The standard InChI is InChI=1S/C35H38F6O4/c1-2-3-4-5-23-6-13-28(14-7-23)34(37,38)44-29-15-8-24(9-16-29)26-12-19-31(32(36)20-26)27-21-42-33(43-22-27)25-10-17-30(18-11-25)45-35(39,40)41/h6-7,10-14,17-20,24,27,29,33H,2-5,8-9,15-16,21-22H2,1H3. The number of alkyl halides is 5. The summed E-state index contributed by atoms with van der Waals surface area (Å²) in [5.41, 5.74) is 2.68. The number of rotatable bonds is 11. The van der Waals surface area contributed by atoms with Gasteiger partial charge in [0.05, 0.1) is 24.9 Å². The van der Waals surface area contributed by atoms with Gasteiger partial charge in [-0.1, -0.05) is 68.3 Å². The van der Waals surface area contributed by atoms with Crippen LogP contribution in [0, 0.1) is 5.82 Å². The highest BCUT2D eigenvalue weighted by molar-refractivity contribution is 5.31. The molecule has 5 rings (SSSR count). The van der Waals surface area contributed by atoms with Crippen LogP contribution in [0.3, 0.4) is 0 Å². The highest BCUT2D eigenvalue weighted by Crippen LogP contribution is 2.40. The molecule has 45 heavy (non-hydrogen) atoms. The maximum atomic E-state index is 15.3. The molecule has 244 valence electrons. The Bertz CT molecular complexity index is 1360. The van der Waals surface area contributed by atoms with Crippen molar-refractivity contribution in [3.05, 3.63) is 100 Å². The van der Waals surface area contributed by atoms with Gasteiger partial charge in [0, 0.05) is 11.5 Å². The third kappa shape index (κ3) is 9.01. The zero-order chi connectivity index (χ0) is 32.0. The van der Waals surface area contributed by atoms with Crippen molar-refractivity contribution in [3.8, 4) is 5.75 Å². The second-order valence-corrected chi connectivity index (χ2v) is 11.9. The van der Waals surface area contributed by atoms with E-state index in [2.05, 4.69) is 11.7 Å². The SMILES string of the molecule is CCCCCc1ccc(C(F)(F)OC2CCC(c3ccc(C4COC(c5ccc(OC(F)(F)F)cc5)OC4)c(F)c3)CC2)cc1. The van der Waals surface area contributed by atoms with E-state index < -0.39 is 24.9 Å². The first-order valence-electron chi connectivity index (χ1n) is 15.5. The minimum absolute atomic E-state index is 0.0389. The lowest BCUT2D eigenvalue weighted by atomic mass is 9.82. The van der Waals surface area contributed by atoms with Crippen molar-refractivity contribution in [2.45, 2.75) is 95.0 Å². The lowest BCUT2D eigenvalue weighted by Gasteiger charge is -2.32. The molecular weight excluding hydrogens is 598 g/mol. The molecule has 3 aromatic rings. The van der Waals surface area contributed by atoms with Crippen LogP contribution in [0.4, 0.5) is 26.3 Å². The van der Waals surface area contributed by atoms with Gasteiger partial charge in [0.15, 0.2) is 6.29 Å². The Balaban J connectivity index is 1.10. The van der Waals surface area contributed by atoms with Crippen LogP contribution in [0.5, 0.6) is 5.75 Å². The van der Waals surface area contributed by atoms with E-state index in [1.165, 1.54) is 42.5 Å². The zero-order valence-electron chi connectivity index (χ0n) is 25.1. The summed E-state index contributed by atoms with van der Waals surface area (Å²) in [6.07, 6.45) is -3.26. The molecule has 0 atom stereocenters. The van der Waals surface area contributed by atoms with Gasteiger partial charge in [-0.05, 0) is 79.3 Å². The van der Waals surface area contributed by atoms with Crippen LogP contribution in [0.15, 0.2) is 66.7 Å². The molecule has 2 aliphatic rings. The molecule has 10 heteroatoms. The number of hydrogen-bond acceptors (Lipinski definition) is 4. The van der Waals surface area contributed by atoms with Gasteiger partial charge < -0.3 is 18.9 Å². The van der Waals surface area contributed by atoms with E-state index in [1.54, 1.807) is 18.2 Å². The van der Waals surface area contributed by atoms with E-state index in [1.807, 2.05) is 6.07 Å². The van der Waals surface area contributed by atoms with Crippen LogP contribution in [-0.4, -0.2) is 25.7 Å². The largest absolute Gasteiger partial charge is 0.573 e. The van der Waals surface area contributed by atoms with E-state index >= 15 is 4.39 Å². The van der Waals surface area contributed by atoms with E-state index in [0.717, 1.165) is 36.8 Å². The molecule has 0 unspecified atom stereocenters. The number of benzene rings is 3. The molecule has 0 amide bonds. The minimum atomic E-state index is -4.78. The Morgan fingerprint density at radius 2 is 1.40 bits per heavy atom. The van der Waals surface area contributed by atoms with E-state index in [4.69, 9.17) is 14.2 Å². The average Bonchev–Trinajstić information content (AvgIpc) is 3.01. The summed E-state index contributed by atoms with van der Waals surface area (Å²) in [5.74, 6) is -1.06. The second-order valence-electron chi connectivity index (χ2n) is 11.9. The number of ether oxygens (including phenoxy) is 4. The smallest absolute Gasteiger partial charge is 0.406 e. The zero-order valence-corrected chi connectivity index (χ0v) is 25.1. The highest BCUT2D eigenvalue weighted by Gasteiger charge is 2.38. The van der Waals surface area contributed by atoms with Crippen LogP contribution < -0.4 is 4.74 Å². The maximum absolute atomic E-state index is 15.3. The van der Waals surface area contributed by atoms with Gasteiger partial charge in [0.25, 0.3) is 0 Å². The van der Waals surface area contributed by atoms with Gasteiger partial charge in [-0.2, -0.15) is 8.78 Å². The Hall–Kier alpha value is -3.08. The second kappa shape index (κ2) is 14.6. The van der Waals surface area contributed by atoms with Crippen molar-refractivity contribution in [1.82, 2.24) is 0 Å². The van der Waals surface area contributed by atoms with Crippen molar-refractivity contribution < 1.29 is 45.3 Å². The third-order valence-corrected chi connectivity index (χ3v) is 8.57. The fourth-order valence-electron chi connectivity index (χ4n) is 6.07. The molecule has 1 aliphatic heterocycles. The van der Waals surface area contributed by atoms with Crippen LogP contribution in [0.2, 0.25) is 0 Å². The minimum Gasteiger partial charge on any atom is -0.406 e. The molecule has 0 radical (unpaired) electrons. The molecule has 1 heterocycles. The fourth-order valence-corrected chi connectivity index (χ4v) is 6.07. The molecule has 1 saturated carbocycles.